The standard InChI is InChI=1S/C26H31BrN2O2.ClH/c1-17-21-12-11-20(27)15-23(21)31-24(17)25(30)28-16-22(29-13-5-6-14-29)18-7-9-19(10-8-18)26(2,3)4;/h7-12,15,22H,5-6,13-14,16H2,1-4H3,(H,28,30);1H. The lowest BCUT2D eigenvalue weighted by Gasteiger charge is -2.29. The molecule has 1 aliphatic heterocycles. The average Bonchev–Trinajstić information content (AvgIpc) is 3.36. The summed E-state index contributed by atoms with van der Waals surface area (Å²) >= 11 is 3.47. The molecule has 1 fully saturated rings. The Morgan fingerprint density at radius 2 is 1.78 bits per heavy atom. The first kappa shape index (κ1) is 24.8. The minimum Gasteiger partial charge on any atom is -0.451 e. The Kier molecular flexibility index (Phi) is 7.74. The van der Waals surface area contributed by atoms with Gasteiger partial charge in [-0.3, -0.25) is 9.69 Å². The fourth-order valence-electron chi connectivity index (χ4n) is 4.40. The van der Waals surface area contributed by atoms with Gasteiger partial charge in [0.25, 0.3) is 5.91 Å². The number of hydrogen-bond acceptors (Lipinski definition) is 3. The summed E-state index contributed by atoms with van der Waals surface area (Å²) in [5, 5.41) is 4.12. The van der Waals surface area contributed by atoms with Gasteiger partial charge in [0.2, 0.25) is 0 Å². The lowest BCUT2D eigenvalue weighted by molar-refractivity contribution is 0.0911. The number of carbonyl (C=O) groups excluding carboxylic acids is 1. The van der Waals surface area contributed by atoms with Gasteiger partial charge in [-0.1, -0.05) is 61.0 Å². The molecular weight excluding hydrogens is 488 g/mol. The number of furan rings is 1. The maximum absolute atomic E-state index is 13.0. The molecule has 32 heavy (non-hydrogen) atoms. The average molecular weight is 520 g/mol. The van der Waals surface area contributed by atoms with Gasteiger partial charge in [-0.15, -0.1) is 12.4 Å². The third kappa shape index (κ3) is 5.22. The second kappa shape index (κ2) is 9.98. The molecule has 0 saturated carbocycles. The Bertz CT molecular complexity index is 1080. The molecule has 0 aliphatic carbocycles. The van der Waals surface area contributed by atoms with Crippen molar-refractivity contribution in [3.05, 3.63) is 69.4 Å². The van der Waals surface area contributed by atoms with Gasteiger partial charge in [-0.05, 0) is 67.6 Å². The van der Waals surface area contributed by atoms with Crippen LogP contribution in [-0.2, 0) is 5.41 Å². The van der Waals surface area contributed by atoms with Gasteiger partial charge in [0.05, 0.1) is 6.04 Å². The van der Waals surface area contributed by atoms with Crippen molar-refractivity contribution in [1.82, 2.24) is 10.2 Å². The van der Waals surface area contributed by atoms with Gasteiger partial charge in [0.1, 0.15) is 5.58 Å². The molecule has 172 valence electrons. The number of benzene rings is 2. The predicted molar refractivity (Wildman–Crippen MR) is 137 cm³/mol. The summed E-state index contributed by atoms with van der Waals surface area (Å²) in [5.41, 5.74) is 4.31. The highest BCUT2D eigenvalue weighted by Crippen LogP contribution is 2.30. The monoisotopic (exact) mass is 518 g/mol. The van der Waals surface area contributed by atoms with Gasteiger partial charge in [-0.2, -0.15) is 0 Å². The molecule has 0 spiro atoms. The summed E-state index contributed by atoms with van der Waals surface area (Å²) in [6, 6.07) is 14.9. The summed E-state index contributed by atoms with van der Waals surface area (Å²) in [6.07, 6.45) is 2.42. The molecular formula is C26H32BrClN2O2. The van der Waals surface area contributed by atoms with Crippen LogP contribution in [0.15, 0.2) is 51.4 Å². The van der Waals surface area contributed by atoms with Crippen LogP contribution in [0.1, 0.15) is 66.9 Å². The molecule has 2 aromatic carbocycles. The van der Waals surface area contributed by atoms with Crippen LogP contribution < -0.4 is 5.32 Å². The van der Waals surface area contributed by atoms with Crippen molar-refractivity contribution in [2.75, 3.05) is 19.6 Å². The van der Waals surface area contributed by atoms with Gasteiger partial charge >= 0.3 is 0 Å². The van der Waals surface area contributed by atoms with E-state index in [1.165, 1.54) is 24.0 Å². The number of halogens is 2. The van der Waals surface area contributed by atoms with E-state index in [4.69, 9.17) is 4.42 Å². The second-order valence-electron chi connectivity index (χ2n) is 9.54. The zero-order chi connectivity index (χ0) is 22.2. The van der Waals surface area contributed by atoms with Crippen LogP contribution >= 0.6 is 28.3 Å². The Morgan fingerprint density at radius 1 is 1.12 bits per heavy atom. The second-order valence-corrected chi connectivity index (χ2v) is 10.5. The zero-order valence-corrected chi connectivity index (χ0v) is 21.6. The highest BCUT2D eigenvalue weighted by molar-refractivity contribution is 9.10. The first-order valence-corrected chi connectivity index (χ1v) is 11.8. The van der Waals surface area contributed by atoms with Crippen molar-refractivity contribution in [2.45, 2.75) is 52.0 Å². The molecule has 6 heteroatoms. The molecule has 1 unspecified atom stereocenters. The molecule has 0 bridgehead atoms. The largest absolute Gasteiger partial charge is 0.451 e. The van der Waals surface area contributed by atoms with E-state index in [9.17, 15) is 4.79 Å². The minimum atomic E-state index is -0.152. The van der Waals surface area contributed by atoms with E-state index in [0.29, 0.717) is 12.3 Å². The topological polar surface area (TPSA) is 45.5 Å². The Balaban J connectivity index is 0.00000289. The van der Waals surface area contributed by atoms with Crippen LogP contribution in [-0.4, -0.2) is 30.4 Å². The fraction of sp³-hybridized carbons (Fsp3) is 0.423. The number of rotatable bonds is 5. The first-order valence-electron chi connectivity index (χ1n) is 11.1. The van der Waals surface area contributed by atoms with Crippen LogP contribution in [0.2, 0.25) is 0 Å². The number of amides is 1. The van der Waals surface area contributed by atoms with E-state index in [1.54, 1.807) is 0 Å². The van der Waals surface area contributed by atoms with Gasteiger partial charge < -0.3 is 9.73 Å². The molecule has 3 aromatic rings. The lowest BCUT2D eigenvalue weighted by atomic mass is 9.86. The van der Waals surface area contributed by atoms with Crippen molar-refractivity contribution < 1.29 is 9.21 Å². The van der Waals surface area contributed by atoms with Crippen LogP contribution in [0.25, 0.3) is 11.0 Å². The van der Waals surface area contributed by atoms with Crippen LogP contribution in [0.4, 0.5) is 0 Å². The number of hydrogen-bond donors (Lipinski definition) is 1. The minimum absolute atomic E-state index is 0. The highest BCUT2D eigenvalue weighted by Gasteiger charge is 2.26. The van der Waals surface area contributed by atoms with Crippen LogP contribution in [0.5, 0.6) is 0 Å². The lowest BCUT2D eigenvalue weighted by Crippen LogP contribution is -2.37. The molecule has 1 atom stereocenters. The van der Waals surface area contributed by atoms with E-state index in [-0.39, 0.29) is 29.8 Å². The molecule has 4 rings (SSSR count). The Morgan fingerprint density at radius 3 is 2.41 bits per heavy atom. The fourth-order valence-corrected chi connectivity index (χ4v) is 4.74. The van der Waals surface area contributed by atoms with Gasteiger partial charge in [0, 0.05) is 22.0 Å². The van der Waals surface area contributed by atoms with Gasteiger partial charge in [0.15, 0.2) is 5.76 Å². The van der Waals surface area contributed by atoms with Crippen molar-refractivity contribution >= 4 is 45.2 Å². The van der Waals surface area contributed by atoms with E-state index in [1.807, 2.05) is 25.1 Å². The number of likely N-dealkylation sites (tertiary alicyclic amines) is 1. The molecule has 0 radical (unpaired) electrons. The smallest absolute Gasteiger partial charge is 0.287 e. The van der Waals surface area contributed by atoms with Crippen molar-refractivity contribution in [1.29, 1.82) is 0 Å². The summed E-state index contributed by atoms with van der Waals surface area (Å²) in [6.45, 7) is 11.3. The maximum atomic E-state index is 13.0. The molecule has 1 aromatic heterocycles. The Labute approximate surface area is 205 Å². The number of nitrogens with zero attached hydrogens (tertiary/aromatic N) is 1. The van der Waals surface area contributed by atoms with E-state index >= 15 is 0 Å². The molecule has 1 aliphatic rings. The molecule has 1 amide bonds. The third-order valence-corrected chi connectivity index (χ3v) is 6.80. The number of aryl methyl sites for hydroxylation is 1. The quantitative estimate of drug-likeness (QED) is 0.404. The van der Waals surface area contributed by atoms with Crippen molar-refractivity contribution in [3.8, 4) is 0 Å². The molecule has 4 nitrogen and oxygen atoms in total. The van der Waals surface area contributed by atoms with Crippen LogP contribution in [0, 0.1) is 6.92 Å². The predicted octanol–water partition coefficient (Wildman–Crippen LogP) is 6.79. The zero-order valence-electron chi connectivity index (χ0n) is 19.2. The summed E-state index contributed by atoms with van der Waals surface area (Å²) < 4.78 is 6.84. The normalized spacial score (nSPS) is 15.5. The summed E-state index contributed by atoms with van der Waals surface area (Å²) in [4.78, 5) is 15.5. The maximum Gasteiger partial charge on any atom is 0.287 e. The third-order valence-electron chi connectivity index (χ3n) is 6.31. The summed E-state index contributed by atoms with van der Waals surface area (Å²) in [5.74, 6) is 0.247. The van der Waals surface area contributed by atoms with Crippen LogP contribution in [0.3, 0.4) is 0 Å². The molecule has 2 heterocycles. The van der Waals surface area contributed by atoms with Crippen molar-refractivity contribution in [2.24, 2.45) is 0 Å². The molecule has 1 N–H and O–H groups in total. The summed E-state index contributed by atoms with van der Waals surface area (Å²) in [7, 11) is 0. The first-order chi connectivity index (χ1) is 14.7. The van der Waals surface area contributed by atoms with Gasteiger partial charge in [-0.25, -0.2) is 0 Å². The highest BCUT2D eigenvalue weighted by atomic mass is 79.9. The van der Waals surface area contributed by atoms with E-state index in [0.717, 1.165) is 34.1 Å². The number of carbonyl (C=O) groups is 1. The number of nitrogens with one attached hydrogen (secondary N) is 1. The Hall–Kier alpha value is -1.82. The van der Waals surface area contributed by atoms with E-state index in [2.05, 4.69) is 71.2 Å². The SMILES string of the molecule is Cc1c(C(=O)NCC(c2ccc(C(C)(C)C)cc2)N2CCCC2)oc2cc(Br)ccc12.Cl. The molecule has 1 saturated heterocycles. The van der Waals surface area contributed by atoms with E-state index < -0.39 is 0 Å². The van der Waals surface area contributed by atoms with Crippen molar-refractivity contribution in [3.63, 3.8) is 0 Å². The number of fused-ring (bicyclic) bond motifs is 1.